The molecule has 0 bridgehead atoms. The molecule has 12 heavy (non-hydrogen) atoms. The summed E-state index contributed by atoms with van der Waals surface area (Å²) < 4.78 is 0. The van der Waals surface area contributed by atoms with Gasteiger partial charge in [0.25, 0.3) is 0 Å². The van der Waals surface area contributed by atoms with E-state index in [0.29, 0.717) is 11.3 Å². The number of pyridine rings is 1. The summed E-state index contributed by atoms with van der Waals surface area (Å²) in [6.07, 6.45) is 2.71. The van der Waals surface area contributed by atoms with Gasteiger partial charge in [0.05, 0.1) is 6.10 Å². The molecule has 66 valence electrons. The summed E-state index contributed by atoms with van der Waals surface area (Å²) in [6, 6.07) is 1.70. The Kier molecular flexibility index (Phi) is 2.65. The second-order valence-corrected chi connectivity index (χ2v) is 3.19. The van der Waals surface area contributed by atoms with Crippen LogP contribution in [0.5, 0.6) is 0 Å². The van der Waals surface area contributed by atoms with Gasteiger partial charge in [0.1, 0.15) is 0 Å². The average molecular weight is 166 g/mol. The molecule has 0 spiro atoms. The molecular weight excluding hydrogens is 152 g/mol. The van der Waals surface area contributed by atoms with Gasteiger partial charge in [0, 0.05) is 23.6 Å². The van der Waals surface area contributed by atoms with Crippen LogP contribution in [0.2, 0.25) is 0 Å². The van der Waals surface area contributed by atoms with Crippen LogP contribution in [0.4, 0.5) is 5.69 Å². The lowest BCUT2D eigenvalue weighted by Crippen LogP contribution is -2.08. The minimum atomic E-state index is -0.515. The van der Waals surface area contributed by atoms with Gasteiger partial charge >= 0.3 is 0 Å². The molecule has 0 aliphatic rings. The average Bonchev–Trinajstić information content (AvgIpc) is 2.04. The largest absolute Gasteiger partial charge is 0.398 e. The Hall–Kier alpha value is -1.09. The zero-order valence-corrected chi connectivity index (χ0v) is 7.36. The van der Waals surface area contributed by atoms with E-state index in [4.69, 9.17) is 5.73 Å². The fourth-order valence-corrected chi connectivity index (χ4v) is 1.02. The summed E-state index contributed by atoms with van der Waals surface area (Å²) in [7, 11) is 0. The summed E-state index contributed by atoms with van der Waals surface area (Å²) in [5, 5.41) is 9.66. The number of nitrogens with two attached hydrogens (primary N) is 1. The third-order valence-electron chi connectivity index (χ3n) is 1.84. The zero-order chi connectivity index (χ0) is 9.14. The third kappa shape index (κ3) is 1.74. The van der Waals surface area contributed by atoms with Crippen molar-refractivity contribution in [2.45, 2.75) is 20.0 Å². The number of hydrogen-bond acceptors (Lipinski definition) is 3. The van der Waals surface area contributed by atoms with Crippen molar-refractivity contribution in [1.82, 2.24) is 4.98 Å². The molecule has 0 saturated carbocycles. The fraction of sp³-hybridized carbons (Fsp3) is 0.444. The summed E-state index contributed by atoms with van der Waals surface area (Å²) in [5.41, 5.74) is 6.98. The first-order chi connectivity index (χ1) is 5.63. The van der Waals surface area contributed by atoms with E-state index in [2.05, 4.69) is 4.98 Å². The van der Waals surface area contributed by atoms with Crippen LogP contribution in [0.1, 0.15) is 25.5 Å². The van der Waals surface area contributed by atoms with Crippen LogP contribution in [0.15, 0.2) is 18.5 Å². The highest BCUT2D eigenvalue weighted by molar-refractivity contribution is 5.45. The van der Waals surface area contributed by atoms with Gasteiger partial charge in [-0.2, -0.15) is 0 Å². The van der Waals surface area contributed by atoms with Gasteiger partial charge in [-0.3, -0.25) is 4.98 Å². The van der Waals surface area contributed by atoms with Crippen molar-refractivity contribution in [2.24, 2.45) is 5.92 Å². The highest BCUT2D eigenvalue weighted by Crippen LogP contribution is 2.24. The lowest BCUT2D eigenvalue weighted by molar-refractivity contribution is 0.127. The molecule has 0 amide bonds. The Morgan fingerprint density at radius 2 is 2.17 bits per heavy atom. The lowest BCUT2D eigenvalue weighted by atomic mass is 10.00. The molecule has 3 N–H and O–H groups in total. The molecule has 0 aliphatic carbocycles. The second kappa shape index (κ2) is 3.54. The van der Waals surface area contributed by atoms with Gasteiger partial charge < -0.3 is 10.8 Å². The minimum Gasteiger partial charge on any atom is -0.398 e. The Balaban J connectivity index is 2.94. The normalized spacial score (nSPS) is 13.3. The van der Waals surface area contributed by atoms with Crippen LogP contribution in [-0.2, 0) is 0 Å². The Morgan fingerprint density at radius 1 is 1.50 bits per heavy atom. The first-order valence-corrected chi connectivity index (χ1v) is 4.00. The van der Waals surface area contributed by atoms with Crippen molar-refractivity contribution < 1.29 is 5.11 Å². The SMILES string of the molecule is CC(C)C(O)c1cnccc1N. The maximum atomic E-state index is 9.66. The number of aliphatic hydroxyl groups excluding tert-OH is 1. The highest BCUT2D eigenvalue weighted by atomic mass is 16.3. The van der Waals surface area contributed by atoms with E-state index >= 15 is 0 Å². The van der Waals surface area contributed by atoms with Crippen molar-refractivity contribution in [3.05, 3.63) is 24.0 Å². The van der Waals surface area contributed by atoms with E-state index in [0.717, 1.165) is 0 Å². The molecule has 3 heteroatoms. The summed E-state index contributed by atoms with van der Waals surface area (Å²) >= 11 is 0. The molecule has 3 nitrogen and oxygen atoms in total. The summed E-state index contributed by atoms with van der Waals surface area (Å²) in [4.78, 5) is 3.91. The molecule has 1 atom stereocenters. The van der Waals surface area contributed by atoms with E-state index in [-0.39, 0.29) is 5.92 Å². The van der Waals surface area contributed by atoms with Gasteiger partial charge in [0.15, 0.2) is 0 Å². The van der Waals surface area contributed by atoms with Crippen LogP contribution >= 0.6 is 0 Å². The molecule has 1 unspecified atom stereocenters. The van der Waals surface area contributed by atoms with Gasteiger partial charge in [0.2, 0.25) is 0 Å². The summed E-state index contributed by atoms with van der Waals surface area (Å²) in [6.45, 7) is 3.88. The van der Waals surface area contributed by atoms with Crippen molar-refractivity contribution in [3.63, 3.8) is 0 Å². The number of hydrogen-bond donors (Lipinski definition) is 2. The third-order valence-corrected chi connectivity index (χ3v) is 1.84. The molecule has 0 radical (unpaired) electrons. The predicted molar refractivity (Wildman–Crippen MR) is 48.4 cm³/mol. The van der Waals surface area contributed by atoms with E-state index in [1.807, 2.05) is 13.8 Å². The number of aliphatic hydroxyl groups is 1. The molecule has 0 saturated heterocycles. The molecular formula is C9H14N2O. The van der Waals surface area contributed by atoms with Crippen LogP contribution in [0, 0.1) is 5.92 Å². The number of nitrogen functional groups attached to an aromatic ring is 1. The summed E-state index contributed by atoms with van der Waals surface area (Å²) in [5.74, 6) is 0.163. The first kappa shape index (κ1) is 9.00. The van der Waals surface area contributed by atoms with Crippen LogP contribution < -0.4 is 5.73 Å². The number of nitrogens with zero attached hydrogens (tertiary/aromatic N) is 1. The first-order valence-electron chi connectivity index (χ1n) is 4.00. The van der Waals surface area contributed by atoms with E-state index in [1.165, 1.54) is 0 Å². The van der Waals surface area contributed by atoms with Gasteiger partial charge in [-0.25, -0.2) is 0 Å². The maximum absolute atomic E-state index is 9.66. The fourth-order valence-electron chi connectivity index (χ4n) is 1.02. The molecule has 0 aromatic carbocycles. The van der Waals surface area contributed by atoms with Crippen LogP contribution in [0.3, 0.4) is 0 Å². The van der Waals surface area contributed by atoms with Gasteiger partial charge in [-0.05, 0) is 12.0 Å². The number of rotatable bonds is 2. The van der Waals surface area contributed by atoms with E-state index in [1.54, 1.807) is 18.5 Å². The molecule has 1 rings (SSSR count). The van der Waals surface area contributed by atoms with E-state index in [9.17, 15) is 5.11 Å². The van der Waals surface area contributed by atoms with Gasteiger partial charge in [-0.1, -0.05) is 13.8 Å². The highest BCUT2D eigenvalue weighted by Gasteiger charge is 2.14. The molecule has 1 heterocycles. The Morgan fingerprint density at radius 3 is 2.67 bits per heavy atom. The minimum absolute atomic E-state index is 0.163. The number of anilines is 1. The van der Waals surface area contributed by atoms with Crippen molar-refractivity contribution in [3.8, 4) is 0 Å². The molecule has 0 aliphatic heterocycles. The lowest BCUT2D eigenvalue weighted by Gasteiger charge is -2.15. The number of aromatic nitrogens is 1. The predicted octanol–water partition coefficient (Wildman–Crippen LogP) is 1.35. The zero-order valence-electron chi connectivity index (χ0n) is 7.36. The standard InChI is InChI=1S/C9H14N2O/c1-6(2)9(12)7-5-11-4-3-8(7)10/h3-6,9,12H,1-2H3,(H2,10,11). The van der Waals surface area contributed by atoms with E-state index < -0.39 is 6.10 Å². The quantitative estimate of drug-likeness (QED) is 0.697. The second-order valence-electron chi connectivity index (χ2n) is 3.19. The molecule has 1 aromatic heterocycles. The maximum Gasteiger partial charge on any atom is 0.0847 e. The smallest absolute Gasteiger partial charge is 0.0847 e. The van der Waals surface area contributed by atoms with Gasteiger partial charge in [-0.15, -0.1) is 0 Å². The molecule has 0 fully saturated rings. The Bertz CT molecular complexity index is 260. The van der Waals surface area contributed by atoms with Crippen LogP contribution in [0.25, 0.3) is 0 Å². The Labute approximate surface area is 72.2 Å². The monoisotopic (exact) mass is 166 g/mol. The topological polar surface area (TPSA) is 59.1 Å². The van der Waals surface area contributed by atoms with Crippen molar-refractivity contribution in [2.75, 3.05) is 5.73 Å². The van der Waals surface area contributed by atoms with Crippen LogP contribution in [-0.4, -0.2) is 10.1 Å². The molecule has 1 aromatic rings. The van der Waals surface area contributed by atoms with Crippen molar-refractivity contribution >= 4 is 5.69 Å². The van der Waals surface area contributed by atoms with Crippen molar-refractivity contribution in [1.29, 1.82) is 0 Å².